The number of nitrogens with one attached hydrogen (secondary N) is 1. The van der Waals surface area contributed by atoms with Gasteiger partial charge in [-0.1, -0.05) is 30.3 Å². The molecule has 2 heterocycles. The lowest BCUT2D eigenvalue weighted by molar-refractivity contribution is -0.137. The van der Waals surface area contributed by atoms with Crippen LogP contribution in [0.25, 0.3) is 0 Å². The molecular formula is C33H37F3N4O4. The summed E-state index contributed by atoms with van der Waals surface area (Å²) < 4.78 is 44.5. The largest absolute Gasteiger partial charge is 0.416 e. The van der Waals surface area contributed by atoms with E-state index < -0.39 is 23.2 Å². The number of ether oxygens (including phenoxy) is 1. The third kappa shape index (κ3) is 7.28. The monoisotopic (exact) mass is 610 g/mol. The summed E-state index contributed by atoms with van der Waals surface area (Å²) in [4.78, 5) is 34.8. The molecule has 2 aromatic carbocycles. The molecule has 0 spiro atoms. The molecule has 0 bridgehead atoms. The number of halogens is 3. The SMILES string of the molecule is COCc1ccc(C2(O)CCC(N3CCC(N(C(=O)CNC(=O)c4cccc(C(F)(F)F)c4)c4ccccc4)C3)CC2)nc1. The van der Waals surface area contributed by atoms with Crippen molar-refractivity contribution in [2.45, 2.75) is 62.6 Å². The highest BCUT2D eigenvalue weighted by atomic mass is 19.4. The molecule has 1 aliphatic carbocycles. The lowest BCUT2D eigenvalue weighted by Crippen LogP contribution is -2.48. The van der Waals surface area contributed by atoms with Crippen LogP contribution in [0.5, 0.6) is 0 Å². The van der Waals surface area contributed by atoms with Crippen LogP contribution < -0.4 is 10.2 Å². The Hall–Kier alpha value is -3.80. The summed E-state index contributed by atoms with van der Waals surface area (Å²) in [7, 11) is 1.63. The number of para-hydroxylation sites is 1. The quantitative estimate of drug-likeness (QED) is 0.358. The van der Waals surface area contributed by atoms with Gasteiger partial charge in [0, 0.05) is 43.7 Å². The topological polar surface area (TPSA) is 95.0 Å². The van der Waals surface area contributed by atoms with Crippen molar-refractivity contribution in [1.82, 2.24) is 15.2 Å². The van der Waals surface area contributed by atoms with Crippen molar-refractivity contribution in [3.8, 4) is 0 Å². The number of benzene rings is 2. The molecule has 8 nitrogen and oxygen atoms in total. The standard InChI is InChI=1S/C33H37F3N4O4/c1-44-22-23-10-11-29(37-19-23)32(43)15-12-26(13-16-32)39-17-14-28(21-39)40(27-8-3-2-4-9-27)30(41)20-38-31(42)24-6-5-7-25(18-24)33(34,35)36/h2-11,18-19,26,28,43H,12-17,20-22H2,1H3,(H,38,42). The number of nitrogens with zero attached hydrogens (tertiary/aromatic N) is 3. The van der Waals surface area contributed by atoms with Crippen molar-refractivity contribution in [3.63, 3.8) is 0 Å². The van der Waals surface area contributed by atoms with E-state index in [4.69, 9.17) is 4.74 Å². The van der Waals surface area contributed by atoms with Crippen LogP contribution in [0.15, 0.2) is 72.9 Å². The van der Waals surface area contributed by atoms with E-state index in [1.165, 1.54) is 12.1 Å². The van der Waals surface area contributed by atoms with Crippen molar-refractivity contribution >= 4 is 17.5 Å². The molecule has 3 aromatic rings. The second kappa shape index (κ2) is 13.5. The second-order valence-corrected chi connectivity index (χ2v) is 11.5. The van der Waals surface area contributed by atoms with Crippen LogP contribution in [0.4, 0.5) is 18.9 Å². The van der Waals surface area contributed by atoms with Crippen molar-refractivity contribution in [1.29, 1.82) is 0 Å². The molecule has 234 valence electrons. The van der Waals surface area contributed by atoms with Gasteiger partial charge >= 0.3 is 6.18 Å². The van der Waals surface area contributed by atoms with E-state index in [0.29, 0.717) is 37.4 Å². The Balaban J connectivity index is 1.21. The Labute approximate surface area is 254 Å². The molecule has 2 N–H and O–H groups in total. The van der Waals surface area contributed by atoms with E-state index in [-0.39, 0.29) is 30.1 Å². The summed E-state index contributed by atoms with van der Waals surface area (Å²) in [6, 6.07) is 17.2. The molecule has 11 heteroatoms. The second-order valence-electron chi connectivity index (χ2n) is 11.5. The third-order valence-corrected chi connectivity index (χ3v) is 8.63. The molecule has 1 saturated heterocycles. The number of hydrogen-bond donors (Lipinski definition) is 2. The number of methoxy groups -OCH3 is 1. The number of aromatic nitrogens is 1. The van der Waals surface area contributed by atoms with Crippen LogP contribution in [0.2, 0.25) is 0 Å². The number of carbonyl (C=O) groups is 2. The maximum atomic E-state index is 13.5. The summed E-state index contributed by atoms with van der Waals surface area (Å²) >= 11 is 0. The number of alkyl halides is 3. The van der Waals surface area contributed by atoms with Gasteiger partial charge in [0.1, 0.15) is 5.60 Å². The molecule has 0 radical (unpaired) electrons. The molecule has 1 unspecified atom stereocenters. The summed E-state index contributed by atoms with van der Waals surface area (Å²) in [5, 5.41) is 13.9. The van der Waals surface area contributed by atoms with E-state index in [2.05, 4.69) is 15.2 Å². The zero-order valence-corrected chi connectivity index (χ0v) is 24.6. The van der Waals surface area contributed by atoms with Gasteiger partial charge in [-0.2, -0.15) is 13.2 Å². The van der Waals surface area contributed by atoms with E-state index in [1.807, 2.05) is 42.5 Å². The predicted octanol–water partition coefficient (Wildman–Crippen LogP) is 4.91. The van der Waals surface area contributed by atoms with Gasteiger partial charge in [0.2, 0.25) is 5.91 Å². The lowest BCUT2D eigenvalue weighted by Gasteiger charge is -2.39. The third-order valence-electron chi connectivity index (χ3n) is 8.63. The van der Waals surface area contributed by atoms with Gasteiger partial charge in [-0.15, -0.1) is 0 Å². The van der Waals surface area contributed by atoms with Gasteiger partial charge in [0.25, 0.3) is 5.91 Å². The number of amides is 2. The van der Waals surface area contributed by atoms with Gasteiger partial charge in [-0.05, 0) is 74.1 Å². The van der Waals surface area contributed by atoms with Crippen LogP contribution in [0.1, 0.15) is 59.3 Å². The average Bonchev–Trinajstić information content (AvgIpc) is 3.50. The van der Waals surface area contributed by atoms with Gasteiger partial charge in [-0.3, -0.25) is 19.5 Å². The fourth-order valence-corrected chi connectivity index (χ4v) is 6.29. The Kier molecular flexibility index (Phi) is 9.67. The molecule has 2 amide bonds. The summed E-state index contributed by atoms with van der Waals surface area (Å²) in [5.74, 6) is -1.09. The minimum absolute atomic E-state index is 0.147. The molecule has 2 fully saturated rings. The van der Waals surface area contributed by atoms with Gasteiger partial charge in [0.05, 0.1) is 30.5 Å². The molecule has 1 saturated carbocycles. The molecule has 1 aromatic heterocycles. The molecule has 5 rings (SSSR count). The predicted molar refractivity (Wildman–Crippen MR) is 159 cm³/mol. The van der Waals surface area contributed by atoms with E-state index in [0.717, 1.165) is 43.5 Å². The molecule has 1 aliphatic heterocycles. The number of aliphatic hydroxyl groups is 1. The highest BCUT2D eigenvalue weighted by molar-refractivity contribution is 6.00. The van der Waals surface area contributed by atoms with Gasteiger partial charge in [0.15, 0.2) is 0 Å². The highest BCUT2D eigenvalue weighted by Gasteiger charge is 2.41. The fourth-order valence-electron chi connectivity index (χ4n) is 6.29. The first-order chi connectivity index (χ1) is 21.1. The smallest absolute Gasteiger partial charge is 0.384 e. The Bertz CT molecular complexity index is 1430. The number of pyridine rings is 1. The van der Waals surface area contributed by atoms with Crippen LogP contribution >= 0.6 is 0 Å². The lowest BCUT2D eigenvalue weighted by atomic mass is 9.79. The van der Waals surface area contributed by atoms with Crippen molar-refractivity contribution in [3.05, 3.63) is 95.3 Å². The summed E-state index contributed by atoms with van der Waals surface area (Å²) in [6.45, 7) is 1.53. The van der Waals surface area contributed by atoms with Gasteiger partial charge in [-0.25, -0.2) is 0 Å². The van der Waals surface area contributed by atoms with Crippen LogP contribution in [-0.2, 0) is 27.9 Å². The summed E-state index contributed by atoms with van der Waals surface area (Å²) in [6.07, 6.45) is 0.635. The zero-order chi connectivity index (χ0) is 31.3. The molecule has 2 aliphatic rings. The maximum absolute atomic E-state index is 13.5. The minimum Gasteiger partial charge on any atom is -0.384 e. The zero-order valence-electron chi connectivity index (χ0n) is 24.6. The van der Waals surface area contributed by atoms with Gasteiger partial charge < -0.3 is 20.1 Å². The van der Waals surface area contributed by atoms with Crippen LogP contribution in [0.3, 0.4) is 0 Å². The first-order valence-electron chi connectivity index (χ1n) is 14.8. The fraction of sp³-hybridized carbons (Fsp3) is 0.424. The summed E-state index contributed by atoms with van der Waals surface area (Å²) in [5.41, 5.74) is 0.242. The Morgan fingerprint density at radius 2 is 1.82 bits per heavy atom. The number of hydrogen-bond acceptors (Lipinski definition) is 6. The van der Waals surface area contributed by atoms with Crippen molar-refractivity contribution in [2.24, 2.45) is 0 Å². The van der Waals surface area contributed by atoms with Crippen molar-refractivity contribution < 1.29 is 32.6 Å². The van der Waals surface area contributed by atoms with Crippen LogP contribution in [-0.4, -0.2) is 65.6 Å². The van der Waals surface area contributed by atoms with Crippen molar-refractivity contribution in [2.75, 3.05) is 31.6 Å². The minimum atomic E-state index is -4.58. The first-order valence-corrected chi connectivity index (χ1v) is 14.8. The van der Waals surface area contributed by atoms with E-state index >= 15 is 0 Å². The number of rotatable bonds is 9. The Morgan fingerprint density at radius 3 is 2.48 bits per heavy atom. The number of carbonyl (C=O) groups excluding carboxylic acids is 2. The average molecular weight is 611 g/mol. The maximum Gasteiger partial charge on any atom is 0.416 e. The highest BCUT2D eigenvalue weighted by Crippen LogP contribution is 2.39. The van der Waals surface area contributed by atoms with Crippen LogP contribution in [0, 0.1) is 0 Å². The first kappa shape index (κ1) is 31.6. The van der Waals surface area contributed by atoms with E-state index in [9.17, 15) is 27.9 Å². The number of likely N-dealkylation sites (tertiary alicyclic amines) is 1. The van der Waals surface area contributed by atoms with E-state index in [1.54, 1.807) is 18.2 Å². The molecular weight excluding hydrogens is 573 g/mol. The normalized spacial score (nSPS) is 22.5. The molecule has 44 heavy (non-hydrogen) atoms. The molecule has 1 atom stereocenters. The number of anilines is 1. The Morgan fingerprint density at radius 1 is 1.07 bits per heavy atom.